The van der Waals surface area contributed by atoms with Crippen LogP contribution in [0.1, 0.15) is 39.2 Å². The van der Waals surface area contributed by atoms with E-state index in [4.69, 9.17) is 4.74 Å². The summed E-state index contributed by atoms with van der Waals surface area (Å²) in [6.07, 6.45) is 3.99. The second-order valence-electron chi connectivity index (χ2n) is 8.32. The highest BCUT2D eigenvalue weighted by Crippen LogP contribution is 2.17. The number of nitrogens with zero attached hydrogens (tertiary/aromatic N) is 1. The number of benzene rings is 1. The third kappa shape index (κ3) is 8.63. The number of rotatable bonds is 6. The molecular formula is C22H30FN3O4. The number of likely N-dealkylation sites (tertiary alicyclic amines) is 1. The predicted molar refractivity (Wildman–Crippen MR) is 112 cm³/mol. The van der Waals surface area contributed by atoms with Crippen LogP contribution in [0.25, 0.3) is 6.08 Å². The van der Waals surface area contributed by atoms with Crippen molar-refractivity contribution in [1.82, 2.24) is 15.5 Å². The lowest BCUT2D eigenvalue weighted by Gasteiger charge is -2.31. The molecular weight excluding hydrogens is 389 g/mol. The Morgan fingerprint density at radius 2 is 1.90 bits per heavy atom. The fourth-order valence-electron chi connectivity index (χ4n) is 3.03. The summed E-state index contributed by atoms with van der Waals surface area (Å²) >= 11 is 0. The molecule has 1 aromatic carbocycles. The minimum absolute atomic E-state index is 0.108. The number of alkyl carbamates (subject to hydrolysis) is 1. The molecule has 1 saturated heterocycles. The Morgan fingerprint density at radius 3 is 2.53 bits per heavy atom. The van der Waals surface area contributed by atoms with E-state index in [0.29, 0.717) is 25.2 Å². The molecule has 0 saturated carbocycles. The zero-order valence-electron chi connectivity index (χ0n) is 17.7. The van der Waals surface area contributed by atoms with Crippen LogP contribution < -0.4 is 10.6 Å². The van der Waals surface area contributed by atoms with E-state index >= 15 is 0 Å². The molecule has 0 radical (unpaired) electrons. The summed E-state index contributed by atoms with van der Waals surface area (Å²) < 4.78 is 18.3. The molecule has 8 heteroatoms. The molecule has 3 amide bonds. The van der Waals surface area contributed by atoms with Crippen LogP contribution in [0.4, 0.5) is 9.18 Å². The molecule has 0 aliphatic carbocycles. The number of piperidine rings is 1. The molecule has 0 unspecified atom stereocenters. The van der Waals surface area contributed by atoms with Crippen LogP contribution in [0.2, 0.25) is 0 Å². The van der Waals surface area contributed by atoms with E-state index in [1.54, 1.807) is 43.9 Å². The summed E-state index contributed by atoms with van der Waals surface area (Å²) in [5, 5.41) is 5.23. The van der Waals surface area contributed by atoms with Gasteiger partial charge in [-0.3, -0.25) is 9.59 Å². The molecule has 0 bridgehead atoms. The van der Waals surface area contributed by atoms with Crippen LogP contribution in [-0.4, -0.2) is 54.6 Å². The van der Waals surface area contributed by atoms with Gasteiger partial charge in [-0.05, 0) is 63.3 Å². The Labute approximate surface area is 176 Å². The van der Waals surface area contributed by atoms with Crippen molar-refractivity contribution >= 4 is 24.0 Å². The van der Waals surface area contributed by atoms with Crippen LogP contribution in [0.5, 0.6) is 0 Å². The molecule has 7 nitrogen and oxygen atoms in total. The van der Waals surface area contributed by atoms with Crippen molar-refractivity contribution in [3.05, 3.63) is 41.7 Å². The van der Waals surface area contributed by atoms with E-state index in [1.165, 1.54) is 18.2 Å². The van der Waals surface area contributed by atoms with Gasteiger partial charge in [0.1, 0.15) is 11.4 Å². The number of halogens is 1. The van der Waals surface area contributed by atoms with E-state index < -0.39 is 11.7 Å². The van der Waals surface area contributed by atoms with Gasteiger partial charge in [0.05, 0.1) is 6.54 Å². The van der Waals surface area contributed by atoms with Crippen LogP contribution in [0, 0.1) is 11.7 Å². The van der Waals surface area contributed by atoms with Gasteiger partial charge < -0.3 is 20.3 Å². The third-order valence-electron chi connectivity index (χ3n) is 4.57. The zero-order chi connectivity index (χ0) is 22.1. The van der Waals surface area contributed by atoms with Crippen molar-refractivity contribution in [2.75, 3.05) is 26.2 Å². The Bertz CT molecular complexity index is 781. The summed E-state index contributed by atoms with van der Waals surface area (Å²) in [7, 11) is 0. The van der Waals surface area contributed by atoms with Crippen molar-refractivity contribution in [1.29, 1.82) is 0 Å². The molecule has 1 aliphatic rings. The molecule has 1 fully saturated rings. The number of carbonyl (C=O) groups excluding carboxylic acids is 3. The number of amides is 3. The summed E-state index contributed by atoms with van der Waals surface area (Å²) in [5.74, 6) is -0.457. The van der Waals surface area contributed by atoms with E-state index in [2.05, 4.69) is 10.6 Å². The molecule has 164 valence electrons. The number of hydrogen-bond acceptors (Lipinski definition) is 4. The summed E-state index contributed by atoms with van der Waals surface area (Å²) in [5.41, 5.74) is 0.0271. The van der Waals surface area contributed by atoms with Crippen molar-refractivity contribution in [3.8, 4) is 0 Å². The summed E-state index contributed by atoms with van der Waals surface area (Å²) in [6.45, 7) is 6.81. The lowest BCUT2D eigenvalue weighted by atomic mass is 9.96. The number of carbonyl (C=O) groups is 3. The second-order valence-corrected chi connectivity index (χ2v) is 8.32. The molecule has 2 rings (SSSR count). The van der Waals surface area contributed by atoms with E-state index in [-0.39, 0.29) is 30.1 Å². The molecule has 1 aromatic rings. The molecule has 30 heavy (non-hydrogen) atoms. The maximum Gasteiger partial charge on any atom is 0.408 e. The standard InChI is InChI=1S/C22H30FN3O4/c1-22(2,3)30-21(29)25-15-19(27)24-14-17-9-11-26(12-10-17)20(28)8-7-16-5-4-6-18(23)13-16/h4-8,13,17H,9-12,14-15H2,1-3H3,(H,24,27)(H,25,29)/b8-7+. The van der Waals surface area contributed by atoms with Crippen molar-refractivity contribution in [2.45, 2.75) is 39.2 Å². The Kier molecular flexibility index (Phi) is 8.38. The normalized spacial score (nSPS) is 15.1. The highest BCUT2D eigenvalue weighted by atomic mass is 19.1. The Morgan fingerprint density at radius 1 is 1.20 bits per heavy atom. The van der Waals surface area contributed by atoms with Gasteiger partial charge in [-0.25, -0.2) is 9.18 Å². The number of ether oxygens (including phenoxy) is 1. The zero-order valence-corrected chi connectivity index (χ0v) is 17.7. The minimum Gasteiger partial charge on any atom is -0.444 e. The monoisotopic (exact) mass is 419 g/mol. The van der Waals surface area contributed by atoms with Gasteiger partial charge in [0.15, 0.2) is 0 Å². The third-order valence-corrected chi connectivity index (χ3v) is 4.57. The Hall–Kier alpha value is -2.90. The number of hydrogen-bond donors (Lipinski definition) is 2. The molecule has 2 N–H and O–H groups in total. The van der Waals surface area contributed by atoms with E-state index in [0.717, 1.165) is 12.8 Å². The minimum atomic E-state index is -0.629. The first-order chi connectivity index (χ1) is 14.1. The van der Waals surface area contributed by atoms with Crippen LogP contribution in [-0.2, 0) is 14.3 Å². The first-order valence-electron chi connectivity index (χ1n) is 10.1. The van der Waals surface area contributed by atoms with Gasteiger partial charge in [-0.2, -0.15) is 0 Å². The first-order valence-corrected chi connectivity index (χ1v) is 10.1. The summed E-state index contributed by atoms with van der Waals surface area (Å²) in [6, 6.07) is 6.06. The van der Waals surface area contributed by atoms with Crippen molar-refractivity contribution in [3.63, 3.8) is 0 Å². The molecule has 0 spiro atoms. The molecule has 1 aliphatic heterocycles. The van der Waals surface area contributed by atoms with E-state index in [1.807, 2.05) is 0 Å². The molecule has 1 heterocycles. The van der Waals surface area contributed by atoms with Gasteiger partial charge in [0, 0.05) is 25.7 Å². The molecule has 0 atom stereocenters. The van der Waals surface area contributed by atoms with Crippen LogP contribution in [0.3, 0.4) is 0 Å². The van der Waals surface area contributed by atoms with Gasteiger partial charge in [0.25, 0.3) is 0 Å². The lowest BCUT2D eigenvalue weighted by molar-refractivity contribution is -0.127. The van der Waals surface area contributed by atoms with Crippen molar-refractivity contribution in [2.24, 2.45) is 5.92 Å². The highest BCUT2D eigenvalue weighted by molar-refractivity contribution is 5.91. The fourth-order valence-corrected chi connectivity index (χ4v) is 3.03. The average Bonchev–Trinajstić information content (AvgIpc) is 2.68. The number of nitrogens with one attached hydrogen (secondary N) is 2. The van der Waals surface area contributed by atoms with Gasteiger partial charge >= 0.3 is 6.09 Å². The maximum absolute atomic E-state index is 13.2. The topological polar surface area (TPSA) is 87.7 Å². The van der Waals surface area contributed by atoms with Crippen LogP contribution in [0.15, 0.2) is 30.3 Å². The predicted octanol–water partition coefficient (Wildman–Crippen LogP) is 2.72. The lowest BCUT2D eigenvalue weighted by Crippen LogP contribution is -2.43. The van der Waals surface area contributed by atoms with Crippen LogP contribution >= 0.6 is 0 Å². The largest absolute Gasteiger partial charge is 0.444 e. The first kappa shape index (κ1) is 23.4. The molecule has 0 aromatic heterocycles. The SMILES string of the molecule is CC(C)(C)OC(=O)NCC(=O)NCC1CCN(C(=O)/C=C/c2cccc(F)c2)CC1. The van der Waals surface area contributed by atoms with E-state index in [9.17, 15) is 18.8 Å². The van der Waals surface area contributed by atoms with Crippen molar-refractivity contribution < 1.29 is 23.5 Å². The van der Waals surface area contributed by atoms with Gasteiger partial charge in [-0.15, -0.1) is 0 Å². The summed E-state index contributed by atoms with van der Waals surface area (Å²) in [4.78, 5) is 37.5. The fraction of sp³-hybridized carbons (Fsp3) is 0.500. The van der Waals surface area contributed by atoms with Gasteiger partial charge in [0.2, 0.25) is 11.8 Å². The Balaban J connectivity index is 1.66. The van der Waals surface area contributed by atoms with Gasteiger partial charge in [-0.1, -0.05) is 12.1 Å². The smallest absolute Gasteiger partial charge is 0.408 e. The quantitative estimate of drug-likeness (QED) is 0.694. The second kappa shape index (κ2) is 10.8. The average molecular weight is 419 g/mol. The highest BCUT2D eigenvalue weighted by Gasteiger charge is 2.22. The maximum atomic E-state index is 13.2.